The number of fused-ring (bicyclic) bond motifs is 3. The predicted octanol–water partition coefficient (Wildman–Crippen LogP) is 6.03. The van der Waals surface area contributed by atoms with Gasteiger partial charge in [-0.25, -0.2) is 0 Å². The standard InChI is InChI=1S/C26H39NO3/c1-7-10-11-12-18-17(9-3)24-20(23(28)21(18)25(27)29)19-14-15(4)13-16(8-2)22(19)26(5,6)30-24/h14,16,19,22,28H,7-13H2,1-6H3,(H2,27,29). The van der Waals surface area contributed by atoms with Crippen molar-refractivity contribution in [2.45, 2.75) is 98.0 Å². The number of benzene rings is 1. The van der Waals surface area contributed by atoms with Crippen LogP contribution in [0.25, 0.3) is 0 Å². The molecule has 1 amide bonds. The van der Waals surface area contributed by atoms with Gasteiger partial charge in [-0.3, -0.25) is 4.79 Å². The first-order chi connectivity index (χ1) is 14.2. The summed E-state index contributed by atoms with van der Waals surface area (Å²) >= 11 is 0. The number of hydrogen-bond acceptors (Lipinski definition) is 3. The van der Waals surface area contributed by atoms with Crippen molar-refractivity contribution in [1.29, 1.82) is 0 Å². The number of carbonyl (C=O) groups is 1. The normalized spacial score (nSPS) is 24.5. The minimum atomic E-state index is -0.540. The molecule has 0 spiro atoms. The van der Waals surface area contributed by atoms with E-state index in [1.165, 1.54) is 5.57 Å². The number of amides is 1. The highest BCUT2D eigenvalue weighted by Crippen LogP contribution is 2.58. The molecule has 0 radical (unpaired) electrons. The number of carbonyl (C=O) groups excluding carboxylic acids is 1. The Hall–Kier alpha value is -1.97. The molecule has 4 heteroatoms. The minimum Gasteiger partial charge on any atom is -0.507 e. The average molecular weight is 414 g/mol. The molecule has 1 aromatic rings. The van der Waals surface area contributed by atoms with Crippen LogP contribution in [0.2, 0.25) is 0 Å². The lowest BCUT2D eigenvalue weighted by molar-refractivity contribution is -0.0180. The van der Waals surface area contributed by atoms with Crippen molar-refractivity contribution in [2.24, 2.45) is 17.6 Å². The molecule has 1 aromatic carbocycles. The van der Waals surface area contributed by atoms with E-state index in [0.717, 1.165) is 67.4 Å². The van der Waals surface area contributed by atoms with Gasteiger partial charge in [0.25, 0.3) is 5.91 Å². The van der Waals surface area contributed by atoms with Crippen LogP contribution in [0.5, 0.6) is 11.5 Å². The van der Waals surface area contributed by atoms with Crippen molar-refractivity contribution in [1.82, 2.24) is 0 Å². The third-order valence-corrected chi connectivity index (χ3v) is 7.28. The number of allylic oxidation sites excluding steroid dienone is 2. The molecule has 1 aliphatic heterocycles. The monoisotopic (exact) mass is 413 g/mol. The van der Waals surface area contributed by atoms with Crippen molar-refractivity contribution in [2.75, 3.05) is 0 Å². The van der Waals surface area contributed by atoms with Crippen LogP contribution in [0.1, 0.15) is 107 Å². The smallest absolute Gasteiger partial charge is 0.252 e. The summed E-state index contributed by atoms with van der Waals surface area (Å²) in [6, 6.07) is 0. The van der Waals surface area contributed by atoms with Crippen LogP contribution in [0.4, 0.5) is 0 Å². The molecule has 0 bridgehead atoms. The van der Waals surface area contributed by atoms with Gasteiger partial charge in [0.15, 0.2) is 0 Å². The Kier molecular flexibility index (Phi) is 6.54. The van der Waals surface area contributed by atoms with Gasteiger partial charge in [0.1, 0.15) is 17.1 Å². The molecule has 3 rings (SSSR count). The maximum atomic E-state index is 12.5. The molecular weight excluding hydrogens is 374 g/mol. The zero-order valence-corrected chi connectivity index (χ0v) is 19.6. The first-order valence-electron chi connectivity index (χ1n) is 11.7. The summed E-state index contributed by atoms with van der Waals surface area (Å²) in [6.07, 6.45) is 9.04. The van der Waals surface area contributed by atoms with Crippen LogP contribution >= 0.6 is 0 Å². The van der Waals surface area contributed by atoms with Gasteiger partial charge in [0.2, 0.25) is 0 Å². The Morgan fingerprint density at radius 1 is 1.23 bits per heavy atom. The Balaban J connectivity index is 2.30. The maximum Gasteiger partial charge on any atom is 0.252 e. The molecule has 1 aliphatic carbocycles. The molecule has 1 heterocycles. The zero-order chi connectivity index (χ0) is 22.2. The van der Waals surface area contributed by atoms with Crippen LogP contribution < -0.4 is 10.5 Å². The zero-order valence-electron chi connectivity index (χ0n) is 19.6. The van der Waals surface area contributed by atoms with E-state index in [0.29, 0.717) is 11.5 Å². The molecule has 0 fully saturated rings. The fourth-order valence-electron chi connectivity index (χ4n) is 6.03. The lowest BCUT2D eigenvalue weighted by atomic mass is 9.61. The fraction of sp³-hybridized carbons (Fsp3) is 0.654. The SMILES string of the molecule is CCCCCc1c(CC)c2c(c(O)c1C(N)=O)C1C=C(C)CC(CC)C1C(C)(C)O2. The van der Waals surface area contributed by atoms with E-state index in [1.807, 2.05) is 0 Å². The molecule has 0 saturated heterocycles. The number of hydrogen-bond donors (Lipinski definition) is 2. The van der Waals surface area contributed by atoms with Crippen LogP contribution in [-0.2, 0) is 12.8 Å². The summed E-state index contributed by atoms with van der Waals surface area (Å²) < 4.78 is 6.70. The van der Waals surface area contributed by atoms with E-state index in [2.05, 4.69) is 47.6 Å². The van der Waals surface area contributed by atoms with Crippen molar-refractivity contribution < 1.29 is 14.6 Å². The van der Waals surface area contributed by atoms with E-state index in [9.17, 15) is 9.90 Å². The molecular formula is C26H39NO3. The second-order valence-electron chi connectivity index (χ2n) is 9.74. The van der Waals surface area contributed by atoms with Gasteiger partial charge in [-0.1, -0.05) is 51.7 Å². The summed E-state index contributed by atoms with van der Waals surface area (Å²) in [5, 5.41) is 11.4. The Bertz CT molecular complexity index is 853. The third kappa shape index (κ3) is 3.74. The molecule has 3 atom stereocenters. The topological polar surface area (TPSA) is 72.5 Å². The van der Waals surface area contributed by atoms with Crippen LogP contribution in [0, 0.1) is 11.8 Å². The van der Waals surface area contributed by atoms with Gasteiger partial charge in [-0.15, -0.1) is 0 Å². The average Bonchev–Trinajstić information content (AvgIpc) is 2.66. The number of nitrogens with two attached hydrogens (primary N) is 1. The molecule has 0 aromatic heterocycles. The van der Waals surface area contributed by atoms with E-state index in [1.54, 1.807) is 0 Å². The first kappa shape index (κ1) is 22.7. The van der Waals surface area contributed by atoms with Crippen LogP contribution in [0.15, 0.2) is 11.6 Å². The van der Waals surface area contributed by atoms with E-state index in [4.69, 9.17) is 10.5 Å². The number of primary amides is 1. The fourth-order valence-corrected chi connectivity index (χ4v) is 6.03. The largest absolute Gasteiger partial charge is 0.507 e. The molecule has 2 aliphatic rings. The summed E-state index contributed by atoms with van der Waals surface area (Å²) in [7, 11) is 0. The van der Waals surface area contributed by atoms with Gasteiger partial charge >= 0.3 is 0 Å². The number of unbranched alkanes of at least 4 members (excludes halogenated alkanes) is 2. The van der Waals surface area contributed by atoms with Crippen molar-refractivity contribution in [3.63, 3.8) is 0 Å². The summed E-state index contributed by atoms with van der Waals surface area (Å²) in [6.45, 7) is 13.0. The van der Waals surface area contributed by atoms with Gasteiger partial charge in [0, 0.05) is 17.4 Å². The van der Waals surface area contributed by atoms with Gasteiger partial charge in [-0.05, 0) is 63.5 Å². The highest BCUT2D eigenvalue weighted by atomic mass is 16.5. The number of rotatable bonds is 7. The maximum absolute atomic E-state index is 12.5. The predicted molar refractivity (Wildman–Crippen MR) is 122 cm³/mol. The van der Waals surface area contributed by atoms with Gasteiger partial charge < -0.3 is 15.6 Å². The lowest BCUT2D eigenvalue weighted by Gasteiger charge is -2.50. The first-order valence-corrected chi connectivity index (χ1v) is 11.7. The lowest BCUT2D eigenvalue weighted by Crippen LogP contribution is -2.49. The van der Waals surface area contributed by atoms with Gasteiger partial charge in [-0.2, -0.15) is 0 Å². The number of phenols is 1. The highest BCUT2D eigenvalue weighted by molar-refractivity contribution is 5.99. The summed E-state index contributed by atoms with van der Waals surface area (Å²) in [5.74, 6) is 1.07. The van der Waals surface area contributed by atoms with E-state index in [-0.39, 0.29) is 23.2 Å². The van der Waals surface area contributed by atoms with Crippen molar-refractivity contribution >= 4 is 5.91 Å². The molecule has 3 unspecified atom stereocenters. The van der Waals surface area contributed by atoms with E-state index >= 15 is 0 Å². The molecule has 4 nitrogen and oxygen atoms in total. The quantitative estimate of drug-likeness (QED) is 0.423. The molecule has 30 heavy (non-hydrogen) atoms. The number of aromatic hydroxyl groups is 1. The van der Waals surface area contributed by atoms with Crippen LogP contribution in [-0.4, -0.2) is 16.6 Å². The number of ether oxygens (including phenoxy) is 1. The van der Waals surface area contributed by atoms with E-state index < -0.39 is 5.91 Å². The molecule has 0 saturated carbocycles. The molecule has 166 valence electrons. The van der Waals surface area contributed by atoms with Crippen molar-refractivity contribution in [3.8, 4) is 11.5 Å². The van der Waals surface area contributed by atoms with Crippen molar-refractivity contribution in [3.05, 3.63) is 33.9 Å². The summed E-state index contributed by atoms with van der Waals surface area (Å²) in [4.78, 5) is 12.5. The Morgan fingerprint density at radius 3 is 2.50 bits per heavy atom. The van der Waals surface area contributed by atoms with Gasteiger partial charge in [0.05, 0.1) is 5.56 Å². The highest BCUT2D eigenvalue weighted by Gasteiger charge is 2.50. The Labute approximate surface area is 181 Å². The second-order valence-corrected chi connectivity index (χ2v) is 9.74. The molecule has 3 N–H and O–H groups in total. The third-order valence-electron chi connectivity index (χ3n) is 7.28. The second kappa shape index (κ2) is 8.64. The summed E-state index contributed by atoms with van der Waals surface area (Å²) in [5.41, 5.74) is 9.84. The minimum absolute atomic E-state index is 0.0375. The van der Waals surface area contributed by atoms with Crippen LogP contribution in [0.3, 0.4) is 0 Å². The Morgan fingerprint density at radius 2 is 1.93 bits per heavy atom.